The summed E-state index contributed by atoms with van der Waals surface area (Å²) in [6.07, 6.45) is 7.46. The predicted molar refractivity (Wildman–Crippen MR) is 153 cm³/mol. The van der Waals surface area contributed by atoms with Crippen molar-refractivity contribution < 1.29 is 0 Å². The number of pyridine rings is 2. The number of nitrogens with zero attached hydrogens (tertiary/aromatic N) is 2. The highest BCUT2D eigenvalue weighted by molar-refractivity contribution is 8.34. The second-order valence-corrected chi connectivity index (χ2v) is 11.9. The second-order valence-electron chi connectivity index (χ2n) is 8.77. The molecule has 2 heterocycles. The Morgan fingerprint density at radius 3 is 1.05 bits per heavy atom. The molecular weight excluding hydrogens is 468 g/mol. The molecule has 0 spiro atoms. The van der Waals surface area contributed by atoms with Gasteiger partial charge in [-0.1, -0.05) is 72.8 Å². The molecule has 0 radical (unpaired) electrons. The van der Waals surface area contributed by atoms with Crippen molar-refractivity contribution in [2.75, 3.05) is 0 Å². The van der Waals surface area contributed by atoms with Gasteiger partial charge in [0.25, 0.3) is 0 Å². The van der Waals surface area contributed by atoms with Gasteiger partial charge in [0.15, 0.2) is 0 Å². The summed E-state index contributed by atoms with van der Waals surface area (Å²) in [5.74, 6) is 0. The molecule has 0 N–H and O–H groups in total. The molecule has 3 heteroatoms. The largest absolute Gasteiger partial charge is 0.264 e. The number of hydrogen-bond acceptors (Lipinski definition) is 2. The Bertz CT molecular complexity index is 1440. The highest BCUT2D eigenvalue weighted by Gasteiger charge is 2.33. The lowest BCUT2D eigenvalue weighted by molar-refractivity contribution is 1.24. The van der Waals surface area contributed by atoms with Crippen molar-refractivity contribution in [1.29, 1.82) is 0 Å². The summed E-state index contributed by atoms with van der Waals surface area (Å²) in [5.41, 5.74) is 4.57. The first-order valence-electron chi connectivity index (χ1n) is 12.3. The van der Waals surface area contributed by atoms with Crippen LogP contribution >= 0.6 is 10.0 Å². The van der Waals surface area contributed by atoms with Crippen molar-refractivity contribution in [3.63, 3.8) is 0 Å². The van der Waals surface area contributed by atoms with E-state index < -0.39 is 10.0 Å². The molecule has 0 aliphatic carbocycles. The first-order valence-corrected chi connectivity index (χ1v) is 13.9. The fourth-order valence-corrected chi connectivity index (χ4v) is 8.69. The summed E-state index contributed by atoms with van der Waals surface area (Å²) in [6, 6.07) is 48.1. The normalized spacial score (nSPS) is 11.7. The van der Waals surface area contributed by atoms with Crippen LogP contribution in [0.25, 0.3) is 22.3 Å². The molecule has 37 heavy (non-hydrogen) atoms. The monoisotopic (exact) mass is 494 g/mol. The Morgan fingerprint density at radius 2 is 0.703 bits per heavy atom. The molecule has 0 aliphatic rings. The van der Waals surface area contributed by atoms with Gasteiger partial charge in [-0.25, -0.2) is 0 Å². The van der Waals surface area contributed by atoms with Gasteiger partial charge in [-0.05, 0) is 82.9 Å². The molecule has 6 rings (SSSR count). The molecule has 0 atom stereocenters. The molecule has 6 aromatic rings. The van der Waals surface area contributed by atoms with E-state index in [1.165, 1.54) is 19.6 Å². The number of benzene rings is 4. The van der Waals surface area contributed by atoms with E-state index >= 15 is 0 Å². The van der Waals surface area contributed by atoms with Gasteiger partial charge in [-0.15, -0.1) is 10.0 Å². The van der Waals surface area contributed by atoms with Gasteiger partial charge in [0.05, 0.1) is 0 Å². The lowest BCUT2D eigenvalue weighted by atomic mass is 10.1. The average molecular weight is 495 g/mol. The van der Waals surface area contributed by atoms with Crippen molar-refractivity contribution in [3.8, 4) is 22.3 Å². The van der Waals surface area contributed by atoms with E-state index in [1.54, 1.807) is 0 Å². The SMILES string of the molecule is c1ccc(S(c2ccccc2)(c2ccc(-c3cccnc3)cc2)c2ccc(-c3cccnc3)cc2)cc1. The van der Waals surface area contributed by atoms with Crippen molar-refractivity contribution in [3.05, 3.63) is 158 Å². The van der Waals surface area contributed by atoms with E-state index in [9.17, 15) is 0 Å². The molecule has 2 nitrogen and oxygen atoms in total. The standard InChI is InChI=1S/C34H26N2S/c1-3-11-31(12-4-1)37(32-13-5-2-6-14-32,33-19-15-27(16-20-33)29-9-7-23-35-25-29)34-21-17-28(18-22-34)30-10-8-24-36-26-30/h1-26H. The molecule has 2 aromatic heterocycles. The van der Waals surface area contributed by atoms with E-state index in [0.717, 1.165) is 22.3 Å². The van der Waals surface area contributed by atoms with Gasteiger partial charge < -0.3 is 0 Å². The van der Waals surface area contributed by atoms with Crippen LogP contribution in [0.4, 0.5) is 0 Å². The van der Waals surface area contributed by atoms with Crippen LogP contribution in [0.1, 0.15) is 0 Å². The van der Waals surface area contributed by atoms with Crippen LogP contribution in [-0.4, -0.2) is 9.97 Å². The van der Waals surface area contributed by atoms with E-state index in [1.807, 2.05) is 36.9 Å². The highest BCUT2D eigenvalue weighted by atomic mass is 32.3. The Kier molecular flexibility index (Phi) is 6.36. The molecular formula is C34H26N2S. The van der Waals surface area contributed by atoms with Gasteiger partial charge in [0, 0.05) is 44.4 Å². The minimum absolute atomic E-state index is 1.12. The maximum atomic E-state index is 4.31. The molecule has 0 bridgehead atoms. The zero-order chi connectivity index (χ0) is 24.9. The van der Waals surface area contributed by atoms with E-state index in [4.69, 9.17) is 0 Å². The summed E-state index contributed by atoms with van der Waals surface area (Å²) in [5, 5.41) is 0. The minimum Gasteiger partial charge on any atom is -0.264 e. The summed E-state index contributed by atoms with van der Waals surface area (Å²) in [4.78, 5) is 13.8. The van der Waals surface area contributed by atoms with Crippen molar-refractivity contribution >= 4 is 10.0 Å². The van der Waals surface area contributed by atoms with Crippen molar-refractivity contribution in [2.24, 2.45) is 0 Å². The van der Waals surface area contributed by atoms with Crippen LogP contribution in [0.5, 0.6) is 0 Å². The third-order valence-electron chi connectivity index (χ3n) is 6.60. The van der Waals surface area contributed by atoms with Gasteiger partial charge in [0.1, 0.15) is 0 Å². The van der Waals surface area contributed by atoms with E-state index in [0.29, 0.717) is 0 Å². The summed E-state index contributed by atoms with van der Waals surface area (Å²) in [6.45, 7) is 0. The highest BCUT2D eigenvalue weighted by Crippen LogP contribution is 2.73. The summed E-state index contributed by atoms with van der Waals surface area (Å²) in [7, 11) is -1.74. The van der Waals surface area contributed by atoms with Crippen LogP contribution in [-0.2, 0) is 0 Å². The predicted octanol–water partition coefficient (Wildman–Crippen LogP) is 9.15. The Balaban J connectivity index is 1.57. The quantitative estimate of drug-likeness (QED) is 0.231. The number of aromatic nitrogens is 2. The molecule has 0 fully saturated rings. The van der Waals surface area contributed by atoms with E-state index in [-0.39, 0.29) is 0 Å². The molecule has 0 saturated heterocycles. The average Bonchev–Trinajstić information content (AvgIpc) is 3.00. The van der Waals surface area contributed by atoms with Gasteiger partial charge >= 0.3 is 0 Å². The van der Waals surface area contributed by atoms with Crippen LogP contribution in [0.3, 0.4) is 0 Å². The fourth-order valence-electron chi connectivity index (χ4n) is 4.84. The second kappa shape index (κ2) is 10.3. The van der Waals surface area contributed by atoms with E-state index in [2.05, 4.69) is 131 Å². The van der Waals surface area contributed by atoms with Crippen LogP contribution in [0.15, 0.2) is 178 Å². The summed E-state index contributed by atoms with van der Waals surface area (Å²) >= 11 is 0. The molecule has 0 aliphatic heterocycles. The summed E-state index contributed by atoms with van der Waals surface area (Å²) < 4.78 is 0. The first-order chi connectivity index (χ1) is 18.4. The molecule has 0 saturated carbocycles. The van der Waals surface area contributed by atoms with Crippen molar-refractivity contribution in [2.45, 2.75) is 19.6 Å². The molecule has 178 valence electrons. The zero-order valence-electron chi connectivity index (χ0n) is 20.3. The third-order valence-corrected chi connectivity index (χ3v) is 10.5. The Morgan fingerprint density at radius 1 is 0.324 bits per heavy atom. The lowest BCUT2D eigenvalue weighted by Gasteiger charge is -2.42. The van der Waals surface area contributed by atoms with Crippen LogP contribution in [0.2, 0.25) is 0 Å². The number of rotatable bonds is 6. The topological polar surface area (TPSA) is 25.8 Å². The third kappa shape index (κ3) is 4.35. The smallest absolute Gasteiger partial charge is 0.0346 e. The molecule has 0 amide bonds. The zero-order valence-corrected chi connectivity index (χ0v) is 21.1. The van der Waals surface area contributed by atoms with Crippen LogP contribution in [0, 0.1) is 0 Å². The fraction of sp³-hybridized carbons (Fsp3) is 0. The number of hydrogen-bond donors (Lipinski definition) is 0. The molecule has 4 aromatic carbocycles. The maximum absolute atomic E-state index is 4.31. The lowest BCUT2D eigenvalue weighted by Crippen LogP contribution is -2.05. The minimum atomic E-state index is -1.74. The first kappa shape index (κ1) is 23.0. The maximum Gasteiger partial charge on any atom is 0.0346 e. The Hall–Kier alpha value is -4.47. The van der Waals surface area contributed by atoms with Crippen LogP contribution < -0.4 is 0 Å². The van der Waals surface area contributed by atoms with Crippen molar-refractivity contribution in [1.82, 2.24) is 9.97 Å². The van der Waals surface area contributed by atoms with Gasteiger partial charge in [-0.3, -0.25) is 9.97 Å². The molecule has 0 unspecified atom stereocenters. The van der Waals surface area contributed by atoms with Gasteiger partial charge in [-0.2, -0.15) is 0 Å². The Labute approximate surface area is 219 Å². The van der Waals surface area contributed by atoms with Gasteiger partial charge in [0.2, 0.25) is 0 Å².